The topological polar surface area (TPSA) is 114 Å². The first kappa shape index (κ1) is 21.6. The van der Waals surface area contributed by atoms with E-state index >= 15 is 0 Å². The Morgan fingerprint density at radius 3 is 2.52 bits per heavy atom. The molecule has 3 aliphatic rings. The van der Waals surface area contributed by atoms with Crippen LogP contribution in [0.4, 0.5) is 4.79 Å². The summed E-state index contributed by atoms with van der Waals surface area (Å²) in [5, 5.41) is 14.0. The van der Waals surface area contributed by atoms with Gasteiger partial charge < -0.3 is 24.4 Å². The first-order chi connectivity index (χ1) is 14.6. The van der Waals surface area contributed by atoms with Gasteiger partial charge in [0.25, 0.3) is 5.91 Å². The van der Waals surface area contributed by atoms with Crippen LogP contribution >= 0.6 is 0 Å². The number of carboxylic acids is 1. The summed E-state index contributed by atoms with van der Waals surface area (Å²) < 4.78 is 12.8. The van der Waals surface area contributed by atoms with Crippen LogP contribution < -0.4 is 0 Å². The van der Waals surface area contributed by atoms with Crippen LogP contribution in [0.5, 0.6) is 0 Å². The van der Waals surface area contributed by atoms with Crippen LogP contribution in [0, 0.1) is 11.3 Å². The van der Waals surface area contributed by atoms with Gasteiger partial charge in [0.1, 0.15) is 11.8 Å². The van der Waals surface area contributed by atoms with Crippen molar-refractivity contribution >= 4 is 18.0 Å². The van der Waals surface area contributed by atoms with E-state index in [1.807, 2.05) is 0 Å². The molecule has 2 amide bonds. The van der Waals surface area contributed by atoms with Crippen LogP contribution in [0.1, 0.15) is 56.6 Å². The number of hydrogen-bond donors (Lipinski definition) is 1. The predicted molar refractivity (Wildman–Crippen MR) is 108 cm³/mol. The van der Waals surface area contributed by atoms with Gasteiger partial charge in [-0.15, -0.1) is 0 Å². The van der Waals surface area contributed by atoms with Gasteiger partial charge in [0.15, 0.2) is 0 Å². The first-order valence-corrected chi connectivity index (χ1v) is 10.7. The number of rotatable bonds is 3. The fourth-order valence-electron chi connectivity index (χ4n) is 4.67. The fraction of sp³-hybridized carbons (Fsp3) is 0.714. The molecule has 3 saturated heterocycles. The molecule has 4 rings (SSSR count). The first-order valence-electron chi connectivity index (χ1n) is 10.7. The van der Waals surface area contributed by atoms with E-state index in [2.05, 4.69) is 5.10 Å². The number of likely N-dealkylation sites (tertiary alicyclic amines) is 2. The lowest BCUT2D eigenvalue weighted by molar-refractivity contribution is -0.149. The molecule has 10 heteroatoms. The van der Waals surface area contributed by atoms with E-state index in [0.29, 0.717) is 12.2 Å². The molecule has 10 nitrogen and oxygen atoms in total. The molecule has 31 heavy (non-hydrogen) atoms. The molecular weight excluding hydrogens is 404 g/mol. The van der Waals surface area contributed by atoms with Crippen molar-refractivity contribution in [3.63, 3.8) is 0 Å². The molecule has 3 fully saturated rings. The summed E-state index contributed by atoms with van der Waals surface area (Å²) in [5.74, 6) is -1.93. The molecule has 0 bridgehead atoms. The van der Waals surface area contributed by atoms with Crippen LogP contribution in [-0.4, -0.2) is 81.0 Å². The number of ether oxygens (including phenoxy) is 2. The minimum atomic E-state index is -0.953. The van der Waals surface area contributed by atoms with Crippen molar-refractivity contribution in [1.82, 2.24) is 19.6 Å². The number of hydrogen-bond acceptors (Lipinski definition) is 6. The quantitative estimate of drug-likeness (QED) is 0.774. The molecule has 0 radical (unpaired) electrons. The maximum absolute atomic E-state index is 13.1. The molecule has 1 aromatic heterocycles. The van der Waals surface area contributed by atoms with Crippen LogP contribution in [0.3, 0.4) is 0 Å². The number of nitrogens with zero attached hydrogens (tertiary/aromatic N) is 4. The molecule has 3 aliphatic heterocycles. The Labute approximate surface area is 181 Å². The lowest BCUT2D eigenvalue weighted by Crippen LogP contribution is -2.63. The molecule has 2 unspecified atom stereocenters. The zero-order valence-electron chi connectivity index (χ0n) is 18.2. The van der Waals surface area contributed by atoms with Crippen molar-refractivity contribution in [2.45, 2.75) is 51.9 Å². The smallest absolute Gasteiger partial charge is 0.410 e. The summed E-state index contributed by atoms with van der Waals surface area (Å²) in [6.45, 7) is 6.96. The zero-order chi connectivity index (χ0) is 22.4. The number of amides is 2. The van der Waals surface area contributed by atoms with E-state index in [1.165, 1.54) is 11.1 Å². The Balaban J connectivity index is 1.43. The lowest BCUT2D eigenvalue weighted by Gasteiger charge is -2.49. The number of aromatic nitrogens is 2. The molecule has 1 spiro atoms. The van der Waals surface area contributed by atoms with Gasteiger partial charge in [0.2, 0.25) is 0 Å². The summed E-state index contributed by atoms with van der Waals surface area (Å²) in [6, 6.07) is 0. The zero-order valence-corrected chi connectivity index (χ0v) is 18.2. The predicted octanol–water partition coefficient (Wildman–Crippen LogP) is 1.98. The van der Waals surface area contributed by atoms with Gasteiger partial charge in [-0.1, -0.05) is 0 Å². The molecule has 1 aromatic rings. The van der Waals surface area contributed by atoms with Gasteiger partial charge >= 0.3 is 12.1 Å². The molecule has 1 N–H and O–H groups in total. The molecular formula is C21H30N4O6. The number of carbonyl (C=O) groups is 3. The van der Waals surface area contributed by atoms with Crippen molar-refractivity contribution < 1.29 is 29.0 Å². The molecule has 4 heterocycles. The van der Waals surface area contributed by atoms with E-state index in [4.69, 9.17) is 9.47 Å². The SMILES string of the molecule is CC(C)(C)OC(=O)N1CC2(C1)CN(C(=O)c1cnn(C3CCCCO3)c1)CC2C(=O)O. The highest BCUT2D eigenvalue weighted by Gasteiger charge is 2.59. The second-order valence-corrected chi connectivity index (χ2v) is 9.81. The minimum absolute atomic E-state index is 0.113. The monoisotopic (exact) mass is 434 g/mol. The average Bonchev–Trinajstić information content (AvgIpc) is 3.31. The van der Waals surface area contributed by atoms with E-state index in [0.717, 1.165) is 19.3 Å². The van der Waals surface area contributed by atoms with Gasteiger partial charge in [-0.2, -0.15) is 5.10 Å². The van der Waals surface area contributed by atoms with E-state index in [-0.39, 0.29) is 38.3 Å². The lowest BCUT2D eigenvalue weighted by atomic mass is 9.72. The maximum atomic E-state index is 13.1. The second-order valence-electron chi connectivity index (χ2n) is 9.81. The molecule has 0 aliphatic carbocycles. The van der Waals surface area contributed by atoms with Gasteiger partial charge in [0, 0.05) is 44.4 Å². The number of carboxylic acid groups (broad SMARTS) is 1. The van der Waals surface area contributed by atoms with Gasteiger partial charge in [0.05, 0.1) is 17.7 Å². The van der Waals surface area contributed by atoms with Gasteiger partial charge in [-0.05, 0) is 40.0 Å². The summed E-state index contributed by atoms with van der Waals surface area (Å²) in [5.41, 5.74) is -0.856. The van der Waals surface area contributed by atoms with Crippen molar-refractivity contribution in [2.24, 2.45) is 11.3 Å². The largest absolute Gasteiger partial charge is 0.481 e. The van der Waals surface area contributed by atoms with Crippen molar-refractivity contribution in [3.8, 4) is 0 Å². The minimum Gasteiger partial charge on any atom is -0.481 e. The Bertz CT molecular complexity index is 863. The summed E-state index contributed by atoms with van der Waals surface area (Å²) in [7, 11) is 0. The van der Waals surface area contributed by atoms with Gasteiger partial charge in [-0.25, -0.2) is 9.48 Å². The number of aliphatic carboxylic acids is 1. The summed E-state index contributed by atoms with van der Waals surface area (Å²) in [6.07, 6.45) is 5.49. The van der Waals surface area contributed by atoms with Crippen LogP contribution in [0.25, 0.3) is 0 Å². The highest BCUT2D eigenvalue weighted by Crippen LogP contribution is 2.45. The highest BCUT2D eigenvalue weighted by molar-refractivity contribution is 5.94. The summed E-state index contributed by atoms with van der Waals surface area (Å²) >= 11 is 0. The van der Waals surface area contributed by atoms with Crippen LogP contribution in [0.15, 0.2) is 12.4 Å². The standard InChI is InChI=1S/C21H30N4O6/c1-20(2,3)31-19(29)24-12-21(13-24)11-23(10-15(21)18(27)28)17(26)14-8-22-25(9-14)16-6-4-5-7-30-16/h8-9,15-16H,4-7,10-13H2,1-3H3,(H,27,28). The Morgan fingerprint density at radius 2 is 1.90 bits per heavy atom. The molecule has 0 aromatic carbocycles. The Kier molecular flexibility index (Phi) is 5.45. The van der Waals surface area contributed by atoms with E-state index in [9.17, 15) is 19.5 Å². The molecule has 170 valence electrons. The van der Waals surface area contributed by atoms with Crippen LogP contribution in [-0.2, 0) is 14.3 Å². The average molecular weight is 434 g/mol. The van der Waals surface area contributed by atoms with Gasteiger partial charge in [-0.3, -0.25) is 9.59 Å². The third-order valence-electron chi connectivity index (χ3n) is 6.20. The molecule has 2 atom stereocenters. The Morgan fingerprint density at radius 1 is 1.19 bits per heavy atom. The third-order valence-corrected chi connectivity index (χ3v) is 6.20. The van der Waals surface area contributed by atoms with E-state index < -0.39 is 29.0 Å². The normalized spacial score (nSPS) is 25.4. The maximum Gasteiger partial charge on any atom is 0.410 e. The summed E-state index contributed by atoms with van der Waals surface area (Å²) in [4.78, 5) is 40.4. The Hall–Kier alpha value is -2.62. The second kappa shape index (κ2) is 7.81. The van der Waals surface area contributed by atoms with Crippen molar-refractivity contribution in [2.75, 3.05) is 32.8 Å². The fourth-order valence-corrected chi connectivity index (χ4v) is 4.67. The highest BCUT2D eigenvalue weighted by atomic mass is 16.6. The molecule has 0 saturated carbocycles. The van der Waals surface area contributed by atoms with Crippen molar-refractivity contribution in [1.29, 1.82) is 0 Å². The van der Waals surface area contributed by atoms with Crippen molar-refractivity contribution in [3.05, 3.63) is 18.0 Å². The van der Waals surface area contributed by atoms with E-state index in [1.54, 1.807) is 36.5 Å². The van der Waals surface area contributed by atoms with Crippen LogP contribution in [0.2, 0.25) is 0 Å². The third kappa shape index (κ3) is 4.26. The number of carbonyl (C=O) groups excluding carboxylic acids is 2.